The first-order chi connectivity index (χ1) is 12.5. The smallest absolute Gasteiger partial charge is 0.271 e. The largest absolute Gasteiger partial charge is 0.389 e. The molecule has 2 aromatic heterocycles. The molecule has 2 aromatic rings. The Kier molecular flexibility index (Phi) is 5.55. The number of carbonyl (C=O) groups is 1. The first-order valence-corrected chi connectivity index (χ1v) is 8.55. The number of amides is 1. The Morgan fingerprint density at radius 2 is 2.23 bits per heavy atom. The van der Waals surface area contributed by atoms with Crippen LogP contribution in [-0.2, 0) is 6.54 Å². The minimum absolute atomic E-state index is 0.0416. The van der Waals surface area contributed by atoms with Crippen LogP contribution >= 0.6 is 0 Å². The predicted octanol–water partition coefficient (Wildman–Crippen LogP) is -0.0923. The van der Waals surface area contributed by atoms with Gasteiger partial charge < -0.3 is 15.5 Å². The molecule has 3 rings (SSSR count). The van der Waals surface area contributed by atoms with Crippen molar-refractivity contribution in [3.05, 3.63) is 53.9 Å². The lowest BCUT2D eigenvalue weighted by Crippen LogP contribution is -2.60. The number of piperidine rings is 1. The molecule has 0 unspecified atom stereocenters. The number of pyridine rings is 1. The van der Waals surface area contributed by atoms with Crippen LogP contribution in [0.2, 0.25) is 0 Å². The molecule has 1 aliphatic rings. The third kappa shape index (κ3) is 4.21. The third-order valence-electron chi connectivity index (χ3n) is 4.75. The summed E-state index contributed by atoms with van der Waals surface area (Å²) in [6, 6.07) is 3.89. The summed E-state index contributed by atoms with van der Waals surface area (Å²) in [7, 11) is 0. The van der Waals surface area contributed by atoms with Gasteiger partial charge in [-0.2, -0.15) is 0 Å². The van der Waals surface area contributed by atoms with Gasteiger partial charge in [-0.05, 0) is 25.0 Å². The molecule has 0 spiro atoms. The van der Waals surface area contributed by atoms with Crippen LogP contribution in [0.3, 0.4) is 0 Å². The molecule has 2 atom stereocenters. The van der Waals surface area contributed by atoms with Gasteiger partial charge in [0.1, 0.15) is 11.3 Å². The molecule has 0 radical (unpaired) electrons. The Labute approximate surface area is 151 Å². The molecule has 1 aliphatic heterocycles. The van der Waals surface area contributed by atoms with E-state index in [4.69, 9.17) is 0 Å². The topological polar surface area (TPSA) is 111 Å². The Balaban J connectivity index is 1.55. The molecule has 138 valence electrons. The van der Waals surface area contributed by atoms with Crippen LogP contribution in [0, 0.1) is 6.92 Å². The Morgan fingerprint density at radius 3 is 2.92 bits per heavy atom. The zero-order valence-corrected chi connectivity index (χ0v) is 14.7. The summed E-state index contributed by atoms with van der Waals surface area (Å²) < 4.78 is 0. The number of likely N-dealkylation sites (tertiary alicyclic amines) is 1. The monoisotopic (exact) mass is 357 g/mol. The van der Waals surface area contributed by atoms with E-state index in [2.05, 4.69) is 25.2 Å². The number of nitrogens with zero attached hydrogens (tertiary/aromatic N) is 4. The Morgan fingerprint density at radius 1 is 1.38 bits per heavy atom. The Bertz CT molecular complexity index is 758. The van der Waals surface area contributed by atoms with Crippen molar-refractivity contribution < 1.29 is 15.0 Å². The second kappa shape index (κ2) is 7.86. The number of β-amino-alcohol motifs (C(OH)–C–C–N with tert-alkyl or cyclic N) is 1. The van der Waals surface area contributed by atoms with Crippen molar-refractivity contribution in [2.45, 2.75) is 31.6 Å². The fraction of sp³-hybridized carbons (Fsp3) is 0.444. The van der Waals surface area contributed by atoms with Gasteiger partial charge in [0.25, 0.3) is 5.91 Å². The number of aliphatic hydroxyl groups is 2. The second-order valence-electron chi connectivity index (χ2n) is 6.64. The van der Waals surface area contributed by atoms with E-state index >= 15 is 0 Å². The second-order valence-corrected chi connectivity index (χ2v) is 6.64. The van der Waals surface area contributed by atoms with Crippen molar-refractivity contribution in [3.63, 3.8) is 0 Å². The van der Waals surface area contributed by atoms with Crippen LogP contribution in [-0.4, -0.2) is 67.3 Å². The molecule has 1 amide bonds. The maximum absolute atomic E-state index is 12.1. The number of carbonyl (C=O) groups excluding carboxylic acids is 1. The number of hydrogen-bond acceptors (Lipinski definition) is 7. The molecule has 0 saturated carbocycles. The van der Waals surface area contributed by atoms with E-state index in [0.717, 1.165) is 11.3 Å². The van der Waals surface area contributed by atoms with Gasteiger partial charge in [0.15, 0.2) is 0 Å². The lowest BCUT2D eigenvalue weighted by Gasteiger charge is -2.42. The van der Waals surface area contributed by atoms with Crippen LogP contribution in [0.25, 0.3) is 0 Å². The van der Waals surface area contributed by atoms with E-state index in [0.29, 0.717) is 26.1 Å². The van der Waals surface area contributed by atoms with Gasteiger partial charge in [0.2, 0.25) is 0 Å². The molecule has 8 nitrogen and oxygen atoms in total. The summed E-state index contributed by atoms with van der Waals surface area (Å²) in [5.74, 6) is -0.426. The minimum atomic E-state index is -1.37. The van der Waals surface area contributed by atoms with Crippen LogP contribution in [0.15, 0.2) is 36.9 Å². The predicted molar refractivity (Wildman–Crippen MR) is 94.2 cm³/mol. The number of hydrogen-bond donors (Lipinski definition) is 3. The van der Waals surface area contributed by atoms with Crippen LogP contribution < -0.4 is 5.32 Å². The highest BCUT2D eigenvalue weighted by Gasteiger charge is 2.41. The van der Waals surface area contributed by atoms with Crippen molar-refractivity contribution in [3.8, 4) is 0 Å². The average Bonchev–Trinajstić information content (AvgIpc) is 2.66. The molecule has 3 N–H and O–H groups in total. The maximum atomic E-state index is 12.1. The van der Waals surface area contributed by atoms with E-state index in [1.54, 1.807) is 6.20 Å². The number of nitrogens with one attached hydrogen (secondary N) is 1. The molecule has 3 heterocycles. The summed E-state index contributed by atoms with van der Waals surface area (Å²) in [6.45, 7) is 3.49. The summed E-state index contributed by atoms with van der Waals surface area (Å²) in [4.78, 5) is 26.2. The summed E-state index contributed by atoms with van der Waals surface area (Å²) >= 11 is 0. The molecule has 0 bridgehead atoms. The van der Waals surface area contributed by atoms with Crippen molar-refractivity contribution in [2.75, 3.05) is 19.6 Å². The van der Waals surface area contributed by atoms with E-state index in [9.17, 15) is 15.0 Å². The van der Waals surface area contributed by atoms with E-state index in [-0.39, 0.29) is 12.2 Å². The van der Waals surface area contributed by atoms with Crippen molar-refractivity contribution in [2.24, 2.45) is 0 Å². The van der Waals surface area contributed by atoms with Crippen molar-refractivity contribution >= 4 is 5.91 Å². The number of rotatable bonds is 5. The van der Waals surface area contributed by atoms with Gasteiger partial charge in [0.05, 0.1) is 18.0 Å². The highest BCUT2D eigenvalue weighted by atomic mass is 16.3. The van der Waals surface area contributed by atoms with Gasteiger partial charge in [-0.25, -0.2) is 4.98 Å². The number of aryl methyl sites for hydroxylation is 1. The van der Waals surface area contributed by atoms with Gasteiger partial charge >= 0.3 is 0 Å². The fourth-order valence-corrected chi connectivity index (χ4v) is 3.01. The fourth-order valence-electron chi connectivity index (χ4n) is 3.01. The van der Waals surface area contributed by atoms with Crippen LogP contribution in [0.5, 0.6) is 0 Å². The van der Waals surface area contributed by atoms with Crippen LogP contribution in [0.1, 0.15) is 28.2 Å². The molecule has 0 aliphatic carbocycles. The third-order valence-corrected chi connectivity index (χ3v) is 4.75. The van der Waals surface area contributed by atoms with Crippen LogP contribution in [0.4, 0.5) is 0 Å². The molecule has 8 heteroatoms. The SMILES string of the molecule is Cc1cccnc1CN1CC[C@@](O)(CNC(=O)c2cnccn2)[C@H](O)C1. The van der Waals surface area contributed by atoms with E-state index in [1.165, 1.54) is 18.6 Å². The first kappa shape index (κ1) is 18.4. The minimum Gasteiger partial charge on any atom is -0.389 e. The average molecular weight is 357 g/mol. The van der Waals surface area contributed by atoms with Crippen molar-refractivity contribution in [1.29, 1.82) is 0 Å². The quantitative estimate of drug-likeness (QED) is 0.685. The van der Waals surface area contributed by atoms with Gasteiger partial charge in [-0.15, -0.1) is 0 Å². The standard InChI is InChI=1S/C18H23N5O3/c1-13-3-2-5-20-15(13)10-23-8-4-18(26,16(24)11-23)12-22-17(25)14-9-19-6-7-21-14/h2-3,5-7,9,16,24,26H,4,8,10-12H2,1H3,(H,22,25)/t16-,18-/m1/s1. The summed E-state index contributed by atoms with van der Waals surface area (Å²) in [6.07, 6.45) is 5.39. The van der Waals surface area contributed by atoms with E-state index < -0.39 is 17.6 Å². The van der Waals surface area contributed by atoms with Gasteiger partial charge in [0, 0.05) is 44.8 Å². The van der Waals surface area contributed by atoms with Gasteiger partial charge in [-0.3, -0.25) is 19.7 Å². The lowest BCUT2D eigenvalue weighted by atomic mass is 9.88. The molecule has 1 fully saturated rings. The van der Waals surface area contributed by atoms with Crippen molar-refractivity contribution in [1.82, 2.24) is 25.2 Å². The highest BCUT2D eigenvalue weighted by molar-refractivity contribution is 5.91. The lowest BCUT2D eigenvalue weighted by molar-refractivity contribution is -0.117. The number of aliphatic hydroxyl groups excluding tert-OH is 1. The molecule has 1 saturated heterocycles. The summed E-state index contributed by atoms with van der Waals surface area (Å²) in [5, 5.41) is 23.8. The number of aromatic nitrogens is 3. The maximum Gasteiger partial charge on any atom is 0.271 e. The zero-order chi connectivity index (χ0) is 18.6. The Hall–Kier alpha value is -2.42. The van der Waals surface area contributed by atoms with Gasteiger partial charge in [-0.1, -0.05) is 6.07 Å². The molecule has 0 aromatic carbocycles. The molecular formula is C18H23N5O3. The molecule has 26 heavy (non-hydrogen) atoms. The summed E-state index contributed by atoms with van der Waals surface area (Å²) in [5.41, 5.74) is 0.863. The zero-order valence-electron chi connectivity index (χ0n) is 14.7. The molecular weight excluding hydrogens is 334 g/mol. The first-order valence-electron chi connectivity index (χ1n) is 8.55. The highest BCUT2D eigenvalue weighted by Crippen LogP contribution is 2.23. The van der Waals surface area contributed by atoms with E-state index in [1.807, 2.05) is 19.1 Å². The normalized spacial score (nSPS) is 23.6.